The Hall–Kier alpha value is -3.60. The van der Waals surface area contributed by atoms with Crippen LogP contribution in [0.1, 0.15) is 32.3 Å². The van der Waals surface area contributed by atoms with Crippen LogP contribution in [-0.2, 0) is 7.05 Å². The summed E-state index contributed by atoms with van der Waals surface area (Å²) in [6, 6.07) is 5.84. The van der Waals surface area contributed by atoms with E-state index in [9.17, 15) is 18.4 Å². The molecule has 8 nitrogen and oxygen atoms in total. The second-order valence-electron chi connectivity index (χ2n) is 6.02. The van der Waals surface area contributed by atoms with E-state index in [-0.39, 0.29) is 32.4 Å². The van der Waals surface area contributed by atoms with Crippen LogP contribution in [0.4, 0.5) is 14.5 Å². The van der Waals surface area contributed by atoms with Crippen LogP contribution in [0.2, 0.25) is 0 Å². The van der Waals surface area contributed by atoms with Gasteiger partial charge in [-0.2, -0.15) is 5.10 Å². The summed E-state index contributed by atoms with van der Waals surface area (Å²) in [7, 11) is 1.58. The Labute approximate surface area is 165 Å². The van der Waals surface area contributed by atoms with Crippen molar-refractivity contribution >= 4 is 39.1 Å². The number of nitrogens with zero attached hydrogens (tertiary/aromatic N) is 3. The molecule has 0 saturated heterocycles. The number of nitrogens with two attached hydrogens (primary N) is 1. The van der Waals surface area contributed by atoms with E-state index in [1.54, 1.807) is 19.2 Å². The van der Waals surface area contributed by atoms with Crippen molar-refractivity contribution in [1.82, 2.24) is 14.8 Å². The molecule has 4 aromatic rings. The van der Waals surface area contributed by atoms with Crippen LogP contribution in [-0.4, -0.2) is 26.6 Å². The summed E-state index contributed by atoms with van der Waals surface area (Å²) in [5.74, 6) is -1.09. The van der Waals surface area contributed by atoms with Gasteiger partial charge in [-0.3, -0.25) is 14.3 Å². The monoisotopic (exact) mass is 417 g/mol. The summed E-state index contributed by atoms with van der Waals surface area (Å²) < 4.78 is 33.5. The van der Waals surface area contributed by atoms with Gasteiger partial charge in [0.2, 0.25) is 0 Å². The maximum atomic E-state index is 13.4. The van der Waals surface area contributed by atoms with Gasteiger partial charge in [-0.1, -0.05) is 0 Å². The van der Waals surface area contributed by atoms with Gasteiger partial charge in [0.25, 0.3) is 18.2 Å². The summed E-state index contributed by atoms with van der Waals surface area (Å²) in [5, 5.41) is 6.87. The molecule has 11 heteroatoms. The number of alkyl halides is 2. The van der Waals surface area contributed by atoms with Gasteiger partial charge >= 0.3 is 0 Å². The zero-order valence-electron chi connectivity index (χ0n) is 14.8. The molecule has 0 saturated carbocycles. The first-order valence-corrected chi connectivity index (χ1v) is 9.07. The van der Waals surface area contributed by atoms with Gasteiger partial charge in [0.05, 0.1) is 12.0 Å². The first-order chi connectivity index (χ1) is 13.9. The van der Waals surface area contributed by atoms with E-state index in [1.165, 1.54) is 29.3 Å². The molecular formula is C18H13F2N5O3S. The molecule has 0 bridgehead atoms. The van der Waals surface area contributed by atoms with E-state index >= 15 is 0 Å². The van der Waals surface area contributed by atoms with Gasteiger partial charge < -0.3 is 15.5 Å². The molecule has 0 radical (unpaired) electrons. The number of nitrogens with one attached hydrogen (secondary N) is 1. The van der Waals surface area contributed by atoms with Crippen LogP contribution < -0.4 is 11.1 Å². The Bertz CT molecular complexity index is 1230. The SMILES string of the molecule is Cn1nccc1C(=O)Nc1c(C(N)=O)sc2nc(C(F)F)cc(-c3ccco3)c12. The van der Waals surface area contributed by atoms with Crippen molar-refractivity contribution in [3.05, 3.63) is 53.0 Å². The Morgan fingerprint density at radius 1 is 1.34 bits per heavy atom. The predicted molar refractivity (Wildman–Crippen MR) is 102 cm³/mol. The minimum atomic E-state index is -2.83. The number of furan rings is 1. The van der Waals surface area contributed by atoms with Gasteiger partial charge in [-0.05, 0) is 24.3 Å². The number of amides is 2. The van der Waals surface area contributed by atoms with E-state index in [0.29, 0.717) is 5.39 Å². The third-order valence-electron chi connectivity index (χ3n) is 4.21. The van der Waals surface area contributed by atoms with E-state index < -0.39 is 23.9 Å². The highest BCUT2D eigenvalue weighted by Crippen LogP contribution is 2.42. The molecule has 0 aliphatic rings. The Morgan fingerprint density at radius 3 is 2.72 bits per heavy atom. The first-order valence-electron chi connectivity index (χ1n) is 8.25. The zero-order valence-corrected chi connectivity index (χ0v) is 15.7. The van der Waals surface area contributed by atoms with E-state index in [4.69, 9.17) is 10.2 Å². The van der Waals surface area contributed by atoms with Crippen molar-refractivity contribution in [3.8, 4) is 11.3 Å². The number of hydrogen-bond donors (Lipinski definition) is 2. The fourth-order valence-electron chi connectivity index (χ4n) is 2.92. The van der Waals surface area contributed by atoms with Crippen LogP contribution in [0.25, 0.3) is 21.5 Å². The number of thiophene rings is 1. The second-order valence-corrected chi connectivity index (χ2v) is 7.02. The van der Waals surface area contributed by atoms with Gasteiger partial charge in [-0.15, -0.1) is 11.3 Å². The van der Waals surface area contributed by atoms with Gasteiger partial charge in [0.1, 0.15) is 26.9 Å². The molecule has 0 spiro atoms. The number of aryl methyl sites for hydroxylation is 1. The molecule has 0 aliphatic carbocycles. The summed E-state index contributed by atoms with van der Waals surface area (Å²) in [6.45, 7) is 0. The fraction of sp³-hybridized carbons (Fsp3) is 0.111. The molecule has 4 rings (SSSR count). The normalized spacial score (nSPS) is 11.3. The number of carbonyl (C=O) groups excluding carboxylic acids is 2. The number of rotatable bonds is 5. The van der Waals surface area contributed by atoms with Crippen molar-refractivity contribution in [1.29, 1.82) is 0 Å². The molecule has 148 valence electrons. The van der Waals surface area contributed by atoms with Crippen LogP contribution in [0.15, 0.2) is 41.1 Å². The number of fused-ring (bicyclic) bond motifs is 1. The number of aromatic nitrogens is 3. The first kappa shape index (κ1) is 18.7. The lowest BCUT2D eigenvalue weighted by Crippen LogP contribution is -2.19. The number of carbonyl (C=O) groups is 2. The highest BCUT2D eigenvalue weighted by Gasteiger charge is 2.26. The molecule has 29 heavy (non-hydrogen) atoms. The number of hydrogen-bond acceptors (Lipinski definition) is 6. The molecule has 3 N–H and O–H groups in total. The smallest absolute Gasteiger partial charge is 0.280 e. The van der Waals surface area contributed by atoms with E-state index in [1.807, 2.05) is 0 Å². The highest BCUT2D eigenvalue weighted by molar-refractivity contribution is 7.21. The molecule has 0 unspecified atom stereocenters. The molecular weight excluding hydrogens is 404 g/mol. The lowest BCUT2D eigenvalue weighted by Gasteiger charge is -2.09. The Morgan fingerprint density at radius 2 is 2.14 bits per heavy atom. The van der Waals surface area contributed by atoms with Gasteiger partial charge in [0, 0.05) is 24.2 Å². The summed E-state index contributed by atoms with van der Waals surface area (Å²) in [5.41, 5.74) is 5.57. The van der Waals surface area contributed by atoms with Crippen molar-refractivity contribution in [2.24, 2.45) is 12.8 Å². The minimum Gasteiger partial charge on any atom is -0.464 e. The average Bonchev–Trinajstić information content (AvgIpc) is 3.40. The third kappa shape index (κ3) is 3.25. The maximum Gasteiger partial charge on any atom is 0.280 e. The van der Waals surface area contributed by atoms with Gasteiger partial charge in [-0.25, -0.2) is 13.8 Å². The van der Waals surface area contributed by atoms with Crippen LogP contribution in [0.5, 0.6) is 0 Å². The lowest BCUT2D eigenvalue weighted by atomic mass is 10.1. The molecule has 0 atom stereocenters. The molecule has 0 aromatic carbocycles. The number of anilines is 1. The van der Waals surface area contributed by atoms with Crippen LogP contribution in [0.3, 0.4) is 0 Å². The van der Waals surface area contributed by atoms with Crippen molar-refractivity contribution in [2.45, 2.75) is 6.43 Å². The number of pyridine rings is 1. The molecule has 2 amide bonds. The standard InChI is InChI=1S/C18H13F2N5O3S/c1-25-10(4-5-22-25)17(27)24-13-12-8(11-3-2-6-28-11)7-9(15(19)20)23-18(12)29-14(13)16(21)26/h2-7,15H,1H3,(H2,21,26)(H,24,27). The fourth-order valence-corrected chi connectivity index (χ4v) is 3.94. The zero-order chi connectivity index (χ0) is 20.7. The molecule has 4 heterocycles. The Balaban J connectivity index is 1.97. The second kappa shape index (κ2) is 7.09. The molecule has 4 aromatic heterocycles. The summed E-state index contributed by atoms with van der Waals surface area (Å²) >= 11 is 0.821. The van der Waals surface area contributed by atoms with Crippen LogP contribution in [0, 0.1) is 0 Å². The largest absolute Gasteiger partial charge is 0.464 e. The maximum absolute atomic E-state index is 13.4. The summed E-state index contributed by atoms with van der Waals surface area (Å²) in [4.78, 5) is 28.8. The lowest BCUT2D eigenvalue weighted by molar-refractivity contribution is 0.100. The van der Waals surface area contributed by atoms with Crippen molar-refractivity contribution < 1.29 is 22.8 Å². The molecule has 0 aliphatic heterocycles. The quantitative estimate of drug-likeness (QED) is 0.515. The van der Waals surface area contributed by atoms with Crippen molar-refractivity contribution in [2.75, 3.05) is 5.32 Å². The molecule has 0 fully saturated rings. The minimum absolute atomic E-state index is 0.0118. The van der Waals surface area contributed by atoms with Gasteiger partial charge in [0.15, 0.2) is 0 Å². The highest BCUT2D eigenvalue weighted by atomic mass is 32.1. The number of halogens is 2. The van der Waals surface area contributed by atoms with Crippen LogP contribution >= 0.6 is 11.3 Å². The average molecular weight is 417 g/mol. The summed E-state index contributed by atoms with van der Waals surface area (Å²) in [6.07, 6.45) is -0.000967. The Kier molecular flexibility index (Phi) is 4.59. The van der Waals surface area contributed by atoms with Crippen molar-refractivity contribution in [3.63, 3.8) is 0 Å². The van der Waals surface area contributed by atoms with E-state index in [0.717, 1.165) is 11.3 Å². The predicted octanol–water partition coefficient (Wildman–Crippen LogP) is 3.58. The topological polar surface area (TPSA) is 116 Å². The number of primary amides is 1. The van der Waals surface area contributed by atoms with E-state index in [2.05, 4.69) is 15.4 Å². The third-order valence-corrected chi connectivity index (χ3v) is 5.31.